The van der Waals surface area contributed by atoms with Crippen molar-refractivity contribution in [3.63, 3.8) is 0 Å². The van der Waals surface area contributed by atoms with E-state index in [4.69, 9.17) is 9.47 Å². The molecule has 9 nitrogen and oxygen atoms in total. The molecule has 0 aliphatic carbocycles. The Morgan fingerprint density at radius 1 is 0.970 bits per heavy atom. The molecule has 176 valence electrons. The van der Waals surface area contributed by atoms with Crippen molar-refractivity contribution in [1.29, 1.82) is 0 Å². The molecule has 33 heavy (non-hydrogen) atoms. The van der Waals surface area contributed by atoms with E-state index in [0.29, 0.717) is 18.4 Å². The van der Waals surface area contributed by atoms with E-state index in [1.54, 1.807) is 24.3 Å². The number of sulfonamides is 1. The van der Waals surface area contributed by atoms with E-state index in [0.717, 1.165) is 0 Å². The van der Waals surface area contributed by atoms with E-state index in [9.17, 15) is 22.8 Å². The maximum atomic E-state index is 12.9. The molecule has 1 saturated heterocycles. The maximum absolute atomic E-state index is 12.9. The summed E-state index contributed by atoms with van der Waals surface area (Å²) in [6.45, 7) is 0.443. The fourth-order valence-electron chi connectivity index (χ4n) is 3.69. The Morgan fingerprint density at radius 2 is 1.61 bits per heavy atom. The molecular formula is C23H26N2O7S. The Kier molecular flexibility index (Phi) is 7.83. The second kappa shape index (κ2) is 10.6. The highest BCUT2D eigenvalue weighted by Gasteiger charge is 2.31. The summed E-state index contributed by atoms with van der Waals surface area (Å²) in [5.74, 6) is -2.17. The van der Waals surface area contributed by atoms with Crippen molar-refractivity contribution >= 4 is 33.6 Å². The third-order valence-corrected chi connectivity index (χ3v) is 7.36. The van der Waals surface area contributed by atoms with Crippen molar-refractivity contribution < 1.29 is 32.3 Å². The van der Waals surface area contributed by atoms with E-state index in [2.05, 4.69) is 5.32 Å². The average molecular weight is 475 g/mol. The molecule has 1 N–H and O–H groups in total. The van der Waals surface area contributed by atoms with Gasteiger partial charge in [-0.25, -0.2) is 22.3 Å². The third-order valence-electron chi connectivity index (χ3n) is 5.51. The van der Waals surface area contributed by atoms with Crippen LogP contribution in [0.15, 0.2) is 48.5 Å². The predicted molar refractivity (Wildman–Crippen MR) is 121 cm³/mol. The number of amides is 1. The highest BCUT2D eigenvalue weighted by atomic mass is 32.2. The van der Waals surface area contributed by atoms with Crippen molar-refractivity contribution in [2.75, 3.05) is 32.6 Å². The van der Waals surface area contributed by atoms with Crippen molar-refractivity contribution in [2.24, 2.45) is 5.92 Å². The van der Waals surface area contributed by atoms with Gasteiger partial charge in [-0.15, -0.1) is 0 Å². The van der Waals surface area contributed by atoms with Gasteiger partial charge in [-0.1, -0.05) is 30.3 Å². The molecule has 0 aromatic heterocycles. The van der Waals surface area contributed by atoms with Crippen molar-refractivity contribution in [1.82, 2.24) is 4.31 Å². The lowest BCUT2D eigenvalue weighted by molar-refractivity contribution is -0.120. The van der Waals surface area contributed by atoms with Gasteiger partial charge < -0.3 is 14.8 Å². The Labute approximate surface area is 192 Å². The standard InChI is InChI=1S/C23H26N2O7S/c1-31-22(27)18-8-9-19(23(28)32-2)20(14-18)24-21(26)17-10-12-25(13-11-17)33(29,30)15-16-6-4-3-5-7-16/h3-9,14,17H,10-13,15H2,1-2H3,(H,24,26). The van der Waals surface area contributed by atoms with Crippen LogP contribution in [0.25, 0.3) is 0 Å². The van der Waals surface area contributed by atoms with Gasteiger partial charge in [0.1, 0.15) is 0 Å². The van der Waals surface area contributed by atoms with Crippen LogP contribution in [-0.2, 0) is 30.0 Å². The number of carbonyl (C=O) groups excluding carboxylic acids is 3. The third kappa shape index (κ3) is 5.96. The lowest BCUT2D eigenvalue weighted by Crippen LogP contribution is -2.42. The second-order valence-corrected chi connectivity index (χ2v) is 9.62. The summed E-state index contributed by atoms with van der Waals surface area (Å²) in [7, 11) is -1.05. The molecule has 0 unspecified atom stereocenters. The summed E-state index contributed by atoms with van der Waals surface area (Å²) >= 11 is 0. The number of nitrogens with zero attached hydrogens (tertiary/aromatic N) is 1. The number of esters is 2. The highest BCUT2D eigenvalue weighted by Crippen LogP contribution is 2.25. The zero-order chi connectivity index (χ0) is 24.0. The number of ether oxygens (including phenoxy) is 2. The Bertz CT molecular complexity index is 1120. The van der Waals surface area contributed by atoms with Crippen LogP contribution in [0.1, 0.15) is 39.1 Å². The molecule has 0 atom stereocenters. The summed E-state index contributed by atoms with van der Waals surface area (Å²) in [6, 6.07) is 13.1. The van der Waals surface area contributed by atoms with Crippen LogP contribution in [-0.4, -0.2) is 57.9 Å². The van der Waals surface area contributed by atoms with Crippen LogP contribution in [0.2, 0.25) is 0 Å². The molecule has 0 radical (unpaired) electrons. The number of nitrogens with one attached hydrogen (secondary N) is 1. The molecule has 2 aromatic rings. The molecule has 0 bridgehead atoms. The van der Waals surface area contributed by atoms with Crippen LogP contribution in [0, 0.1) is 5.92 Å². The van der Waals surface area contributed by atoms with Gasteiger partial charge in [0.05, 0.1) is 36.8 Å². The first-order valence-corrected chi connectivity index (χ1v) is 12.0. The van der Waals surface area contributed by atoms with E-state index >= 15 is 0 Å². The number of piperidine rings is 1. The molecule has 3 rings (SSSR count). The largest absolute Gasteiger partial charge is 0.465 e. The highest BCUT2D eigenvalue weighted by molar-refractivity contribution is 7.88. The minimum atomic E-state index is -3.49. The van der Waals surface area contributed by atoms with Gasteiger partial charge in [0, 0.05) is 19.0 Å². The van der Waals surface area contributed by atoms with Crippen LogP contribution in [0.5, 0.6) is 0 Å². The average Bonchev–Trinajstić information content (AvgIpc) is 2.83. The predicted octanol–water partition coefficient (Wildman–Crippen LogP) is 2.44. The second-order valence-electron chi connectivity index (χ2n) is 7.65. The number of methoxy groups -OCH3 is 2. The molecule has 1 heterocycles. The van der Waals surface area contributed by atoms with Gasteiger partial charge in [0.2, 0.25) is 15.9 Å². The number of benzene rings is 2. The van der Waals surface area contributed by atoms with Gasteiger partial charge in [-0.2, -0.15) is 0 Å². The lowest BCUT2D eigenvalue weighted by atomic mass is 9.97. The fraction of sp³-hybridized carbons (Fsp3) is 0.348. The minimum absolute atomic E-state index is 0.0898. The van der Waals surface area contributed by atoms with E-state index < -0.39 is 27.9 Å². The first-order valence-electron chi connectivity index (χ1n) is 10.4. The maximum Gasteiger partial charge on any atom is 0.339 e. The summed E-state index contributed by atoms with van der Waals surface area (Å²) in [5.41, 5.74) is 1.11. The van der Waals surface area contributed by atoms with Crippen molar-refractivity contribution in [2.45, 2.75) is 18.6 Å². The molecule has 0 saturated carbocycles. The Morgan fingerprint density at radius 3 is 2.21 bits per heavy atom. The van der Waals surface area contributed by atoms with Crippen LogP contribution >= 0.6 is 0 Å². The normalized spacial score (nSPS) is 15.0. The van der Waals surface area contributed by atoms with Crippen molar-refractivity contribution in [3.05, 3.63) is 65.2 Å². The monoisotopic (exact) mass is 474 g/mol. The fourth-order valence-corrected chi connectivity index (χ4v) is 5.25. The number of carbonyl (C=O) groups is 3. The van der Waals surface area contributed by atoms with Crippen LogP contribution < -0.4 is 5.32 Å². The van der Waals surface area contributed by atoms with E-state index in [1.807, 2.05) is 6.07 Å². The zero-order valence-corrected chi connectivity index (χ0v) is 19.3. The van der Waals surface area contributed by atoms with Crippen LogP contribution in [0.3, 0.4) is 0 Å². The van der Waals surface area contributed by atoms with E-state index in [-0.39, 0.29) is 41.6 Å². The summed E-state index contributed by atoms with van der Waals surface area (Å²) in [5, 5.41) is 2.69. The first-order chi connectivity index (χ1) is 15.7. The Hall–Kier alpha value is -3.24. The summed E-state index contributed by atoms with van der Waals surface area (Å²) in [4.78, 5) is 36.8. The SMILES string of the molecule is COC(=O)c1ccc(C(=O)OC)c(NC(=O)C2CCN(S(=O)(=O)Cc3ccccc3)CC2)c1. The molecule has 1 amide bonds. The molecule has 0 spiro atoms. The Balaban J connectivity index is 1.67. The molecule has 1 fully saturated rings. The molecule has 2 aromatic carbocycles. The zero-order valence-electron chi connectivity index (χ0n) is 18.4. The first kappa shape index (κ1) is 24.4. The van der Waals surface area contributed by atoms with E-state index in [1.165, 1.54) is 36.7 Å². The summed E-state index contributed by atoms with van der Waals surface area (Å²) < 4.78 is 36.3. The smallest absolute Gasteiger partial charge is 0.339 e. The van der Waals surface area contributed by atoms with Gasteiger partial charge in [0.15, 0.2) is 0 Å². The molecule has 1 aliphatic rings. The molecule has 10 heteroatoms. The number of hydrogen-bond acceptors (Lipinski definition) is 7. The van der Waals surface area contributed by atoms with Crippen LogP contribution in [0.4, 0.5) is 5.69 Å². The van der Waals surface area contributed by atoms with Gasteiger partial charge in [-0.05, 0) is 36.6 Å². The number of rotatable bonds is 7. The number of hydrogen-bond donors (Lipinski definition) is 1. The van der Waals surface area contributed by atoms with Gasteiger partial charge in [0.25, 0.3) is 0 Å². The quantitative estimate of drug-likeness (QED) is 0.612. The van der Waals surface area contributed by atoms with Crippen molar-refractivity contribution in [3.8, 4) is 0 Å². The minimum Gasteiger partial charge on any atom is -0.465 e. The topological polar surface area (TPSA) is 119 Å². The number of anilines is 1. The molecule has 1 aliphatic heterocycles. The van der Waals surface area contributed by atoms with Gasteiger partial charge >= 0.3 is 11.9 Å². The van der Waals surface area contributed by atoms with Gasteiger partial charge in [-0.3, -0.25) is 4.79 Å². The molecular weight excluding hydrogens is 448 g/mol. The lowest BCUT2D eigenvalue weighted by Gasteiger charge is -2.30. The summed E-state index contributed by atoms with van der Waals surface area (Å²) in [6.07, 6.45) is 0.675.